The smallest absolute Gasteiger partial charge is 0.203 e. The van der Waals surface area contributed by atoms with Crippen LogP contribution < -0.4 is 24.8 Å². The van der Waals surface area contributed by atoms with Gasteiger partial charge in [-0.3, -0.25) is 0 Å². The molecule has 0 saturated heterocycles. The monoisotopic (exact) mass is 563 g/mol. The maximum atomic E-state index is 5.40. The van der Waals surface area contributed by atoms with Crippen molar-refractivity contribution >= 4 is 45.9 Å². The van der Waals surface area contributed by atoms with Gasteiger partial charge in [0.25, 0.3) is 0 Å². The summed E-state index contributed by atoms with van der Waals surface area (Å²) in [5.74, 6) is 2.56. The molecule has 0 heterocycles. The number of hydrogen-bond donors (Lipinski definition) is 2. The molecule has 2 aromatic rings. The highest BCUT2D eigenvalue weighted by Crippen LogP contribution is 2.38. The van der Waals surface area contributed by atoms with Crippen molar-refractivity contribution in [2.45, 2.75) is 20.0 Å². The molecule has 0 bridgehead atoms. The van der Waals surface area contributed by atoms with E-state index in [0.717, 1.165) is 22.5 Å². The highest BCUT2D eigenvalue weighted by Gasteiger charge is 2.13. The quantitative estimate of drug-likeness (QED) is 0.284. The molecule has 2 aromatic carbocycles. The zero-order chi connectivity index (χ0) is 19.6. The average Bonchev–Trinajstić information content (AvgIpc) is 2.69. The number of ether oxygens (including phenoxy) is 3. The summed E-state index contributed by atoms with van der Waals surface area (Å²) in [6, 6.07) is 12.0. The van der Waals surface area contributed by atoms with Crippen molar-refractivity contribution in [2.75, 3.05) is 27.9 Å². The molecular formula is C20H27BrIN3O3. The summed E-state index contributed by atoms with van der Waals surface area (Å²) in [4.78, 5) is 4.66. The Morgan fingerprint density at radius 2 is 1.64 bits per heavy atom. The SMILES string of the molecule is CCNC(=NCc1cc(OC)c(OC)c(OC)c1)NCc1cccc(Br)c1.I. The number of rotatable bonds is 8. The van der Waals surface area contributed by atoms with Gasteiger partial charge in [0.15, 0.2) is 17.5 Å². The summed E-state index contributed by atoms with van der Waals surface area (Å²) in [5, 5.41) is 6.60. The molecule has 0 radical (unpaired) electrons. The minimum atomic E-state index is 0. The Morgan fingerprint density at radius 1 is 0.964 bits per heavy atom. The molecule has 8 heteroatoms. The summed E-state index contributed by atoms with van der Waals surface area (Å²) in [7, 11) is 4.80. The zero-order valence-corrected chi connectivity index (χ0v) is 20.5. The fourth-order valence-electron chi connectivity index (χ4n) is 2.57. The van der Waals surface area contributed by atoms with Crippen molar-refractivity contribution in [3.63, 3.8) is 0 Å². The number of nitrogens with one attached hydrogen (secondary N) is 2. The Kier molecular flexibility index (Phi) is 11.1. The first-order valence-electron chi connectivity index (χ1n) is 8.66. The standard InChI is InChI=1S/C20H26BrN3O3.HI/c1-5-22-20(23-12-14-7-6-8-16(21)9-14)24-13-15-10-17(25-2)19(27-4)18(11-15)26-3;/h6-11H,5,12-13H2,1-4H3,(H2,22,23,24);1H. The van der Waals surface area contributed by atoms with Crippen LogP contribution in [0, 0.1) is 0 Å². The van der Waals surface area contributed by atoms with Crippen molar-refractivity contribution in [1.82, 2.24) is 10.6 Å². The highest BCUT2D eigenvalue weighted by molar-refractivity contribution is 14.0. The second-order valence-corrected chi connectivity index (χ2v) is 6.63. The molecule has 0 fully saturated rings. The van der Waals surface area contributed by atoms with Gasteiger partial charge in [0.1, 0.15) is 0 Å². The highest BCUT2D eigenvalue weighted by atomic mass is 127. The topological polar surface area (TPSA) is 64.1 Å². The van der Waals surface area contributed by atoms with Gasteiger partial charge in [0.05, 0.1) is 27.9 Å². The molecule has 0 aromatic heterocycles. The van der Waals surface area contributed by atoms with E-state index in [4.69, 9.17) is 14.2 Å². The Bertz CT molecular complexity index is 762. The minimum absolute atomic E-state index is 0. The lowest BCUT2D eigenvalue weighted by Crippen LogP contribution is -2.36. The van der Waals surface area contributed by atoms with Gasteiger partial charge in [0, 0.05) is 17.6 Å². The van der Waals surface area contributed by atoms with Gasteiger partial charge >= 0.3 is 0 Å². The Labute approximate surface area is 192 Å². The van der Waals surface area contributed by atoms with Gasteiger partial charge in [-0.25, -0.2) is 4.99 Å². The number of methoxy groups -OCH3 is 3. The lowest BCUT2D eigenvalue weighted by molar-refractivity contribution is 0.324. The number of nitrogens with zero attached hydrogens (tertiary/aromatic N) is 1. The summed E-state index contributed by atoms with van der Waals surface area (Å²) in [6.45, 7) is 3.97. The van der Waals surface area contributed by atoms with Crippen LogP contribution in [0.4, 0.5) is 0 Å². The number of guanidine groups is 1. The molecule has 0 aliphatic heterocycles. The van der Waals surface area contributed by atoms with E-state index >= 15 is 0 Å². The van der Waals surface area contributed by atoms with E-state index < -0.39 is 0 Å². The molecule has 154 valence electrons. The Hall–Kier alpha value is -1.68. The largest absolute Gasteiger partial charge is 0.493 e. The normalized spacial score (nSPS) is 10.7. The molecule has 0 atom stereocenters. The van der Waals surface area contributed by atoms with Crippen molar-refractivity contribution < 1.29 is 14.2 Å². The summed E-state index contributed by atoms with van der Waals surface area (Å²) < 4.78 is 17.2. The first-order chi connectivity index (χ1) is 13.1. The summed E-state index contributed by atoms with van der Waals surface area (Å²) in [5.41, 5.74) is 2.13. The van der Waals surface area contributed by atoms with Gasteiger partial charge in [-0.1, -0.05) is 28.1 Å². The second kappa shape index (κ2) is 12.7. The van der Waals surface area contributed by atoms with Crippen molar-refractivity contribution in [2.24, 2.45) is 4.99 Å². The molecule has 6 nitrogen and oxygen atoms in total. The molecule has 28 heavy (non-hydrogen) atoms. The van der Waals surface area contributed by atoms with Crippen molar-refractivity contribution in [1.29, 1.82) is 0 Å². The lowest BCUT2D eigenvalue weighted by atomic mass is 10.2. The Morgan fingerprint density at radius 3 is 2.18 bits per heavy atom. The number of aliphatic imine (C=N–C) groups is 1. The van der Waals surface area contributed by atoms with Crippen LogP contribution in [-0.4, -0.2) is 33.8 Å². The van der Waals surface area contributed by atoms with Crippen LogP contribution in [0.3, 0.4) is 0 Å². The van der Waals surface area contributed by atoms with Gasteiger partial charge in [-0.2, -0.15) is 0 Å². The average molecular weight is 564 g/mol. The predicted molar refractivity (Wildman–Crippen MR) is 127 cm³/mol. The fraction of sp³-hybridized carbons (Fsp3) is 0.350. The third-order valence-corrected chi connectivity index (χ3v) is 4.33. The van der Waals surface area contributed by atoms with E-state index in [2.05, 4.69) is 43.7 Å². The van der Waals surface area contributed by atoms with Crippen molar-refractivity contribution in [3.8, 4) is 17.2 Å². The third kappa shape index (κ3) is 7.05. The maximum absolute atomic E-state index is 5.40. The van der Waals surface area contributed by atoms with E-state index in [1.165, 1.54) is 5.56 Å². The Balaban J connectivity index is 0.00000392. The molecule has 2 rings (SSSR count). The fourth-order valence-corrected chi connectivity index (χ4v) is 3.02. The van der Waals surface area contributed by atoms with E-state index in [-0.39, 0.29) is 24.0 Å². The predicted octanol–water partition coefficient (Wildman–Crippen LogP) is 4.35. The van der Waals surface area contributed by atoms with Gasteiger partial charge in [0.2, 0.25) is 5.75 Å². The number of halogens is 2. The van der Waals surface area contributed by atoms with E-state index in [1.54, 1.807) is 21.3 Å². The summed E-state index contributed by atoms with van der Waals surface area (Å²) >= 11 is 3.49. The lowest BCUT2D eigenvalue weighted by Gasteiger charge is -2.14. The van der Waals surface area contributed by atoms with E-state index in [9.17, 15) is 0 Å². The van der Waals surface area contributed by atoms with Gasteiger partial charge in [-0.15, -0.1) is 24.0 Å². The van der Waals surface area contributed by atoms with Crippen LogP contribution in [0.2, 0.25) is 0 Å². The summed E-state index contributed by atoms with van der Waals surface area (Å²) in [6.07, 6.45) is 0. The maximum Gasteiger partial charge on any atom is 0.203 e. The first-order valence-corrected chi connectivity index (χ1v) is 9.46. The number of hydrogen-bond acceptors (Lipinski definition) is 4. The van der Waals surface area contributed by atoms with E-state index in [0.29, 0.717) is 30.3 Å². The molecule has 0 unspecified atom stereocenters. The van der Waals surface area contributed by atoms with Crippen LogP contribution in [0.5, 0.6) is 17.2 Å². The molecule has 0 spiro atoms. The minimum Gasteiger partial charge on any atom is -0.493 e. The van der Waals surface area contributed by atoms with Crippen LogP contribution in [0.1, 0.15) is 18.1 Å². The molecule has 0 amide bonds. The van der Waals surface area contributed by atoms with Crippen LogP contribution >= 0.6 is 39.9 Å². The molecule has 2 N–H and O–H groups in total. The van der Waals surface area contributed by atoms with Crippen molar-refractivity contribution in [3.05, 3.63) is 52.0 Å². The zero-order valence-electron chi connectivity index (χ0n) is 16.5. The number of benzene rings is 2. The second-order valence-electron chi connectivity index (χ2n) is 5.71. The van der Waals surface area contributed by atoms with Gasteiger partial charge in [-0.05, 0) is 42.3 Å². The third-order valence-electron chi connectivity index (χ3n) is 3.84. The van der Waals surface area contributed by atoms with Gasteiger partial charge < -0.3 is 24.8 Å². The molecule has 0 saturated carbocycles. The van der Waals surface area contributed by atoms with Crippen LogP contribution in [0.15, 0.2) is 45.9 Å². The molecule has 0 aliphatic carbocycles. The first kappa shape index (κ1) is 24.4. The van der Waals surface area contributed by atoms with E-state index in [1.807, 2.05) is 31.2 Å². The molecule has 0 aliphatic rings. The van der Waals surface area contributed by atoms with Crippen LogP contribution in [-0.2, 0) is 13.1 Å². The van der Waals surface area contributed by atoms with Crippen LogP contribution in [0.25, 0.3) is 0 Å². The molecular weight excluding hydrogens is 537 g/mol.